The molecule has 0 radical (unpaired) electrons. The molecule has 0 aliphatic heterocycles. The second-order valence-corrected chi connectivity index (χ2v) is 2.20. The van der Waals surface area contributed by atoms with E-state index in [0.29, 0.717) is 0 Å². The van der Waals surface area contributed by atoms with Crippen molar-refractivity contribution in [3.05, 3.63) is 29.0 Å². The monoisotopic (exact) mass is 201 g/mol. The highest BCUT2D eigenvalue weighted by molar-refractivity contribution is 9.10. The summed E-state index contributed by atoms with van der Waals surface area (Å²) in [5.74, 6) is 0. The molecular weight excluding hydrogens is 194 g/mol. The molecule has 54 valence electrons. The summed E-state index contributed by atoms with van der Waals surface area (Å²) in [4.78, 5) is 12.7. The Labute approximate surface area is 68.4 Å². The van der Waals surface area contributed by atoms with Crippen LogP contribution in [0.3, 0.4) is 0 Å². The first-order valence-corrected chi connectivity index (χ1v) is 3.57. The van der Waals surface area contributed by atoms with Gasteiger partial charge in [0.1, 0.15) is 10.9 Å². The van der Waals surface area contributed by atoms with Crippen molar-refractivity contribution in [3.8, 4) is 0 Å². The van der Waals surface area contributed by atoms with E-state index in [1.54, 1.807) is 6.20 Å². The summed E-state index contributed by atoms with van der Waals surface area (Å²) in [6.45, 7) is 1.44. The van der Waals surface area contributed by atoms with Crippen molar-refractivity contribution < 1.29 is 4.79 Å². The molecule has 0 saturated heterocycles. The van der Waals surface area contributed by atoms with Gasteiger partial charge >= 0.3 is 0 Å². The zero-order valence-electron chi connectivity index (χ0n) is 5.62. The van der Waals surface area contributed by atoms with Crippen LogP contribution in [-0.4, -0.2) is 11.3 Å². The number of aromatic nitrogens is 1. The minimum Gasteiger partial charge on any atom is -0.304 e. The first kappa shape index (κ1) is 9.30. The molecular formula is C7H8BrNO. The number of pyridine rings is 1. The lowest BCUT2D eigenvalue weighted by molar-refractivity contribution is -0.106. The van der Waals surface area contributed by atoms with Gasteiger partial charge in [0.2, 0.25) is 0 Å². The molecule has 0 fully saturated rings. The minimum absolute atomic E-state index is 0.750. The largest absolute Gasteiger partial charge is 0.304 e. The number of halogens is 1. The summed E-state index contributed by atoms with van der Waals surface area (Å²) >= 11 is 3.20. The average Bonchev–Trinajstić information content (AvgIpc) is 1.91. The third-order valence-corrected chi connectivity index (χ3v) is 1.10. The lowest BCUT2D eigenvalue weighted by Crippen LogP contribution is -1.66. The zero-order valence-corrected chi connectivity index (χ0v) is 7.21. The van der Waals surface area contributed by atoms with Crippen LogP contribution in [0.5, 0.6) is 0 Å². The average molecular weight is 202 g/mol. The van der Waals surface area contributed by atoms with E-state index in [-0.39, 0.29) is 0 Å². The Hall–Kier alpha value is -0.700. The lowest BCUT2D eigenvalue weighted by atomic mass is 10.5. The molecule has 0 saturated carbocycles. The fraction of sp³-hybridized carbons (Fsp3) is 0.143. The van der Waals surface area contributed by atoms with E-state index < -0.39 is 0 Å². The van der Waals surface area contributed by atoms with Crippen LogP contribution in [0.4, 0.5) is 0 Å². The van der Waals surface area contributed by atoms with Crippen molar-refractivity contribution in [2.75, 3.05) is 0 Å². The topological polar surface area (TPSA) is 30.0 Å². The fourth-order valence-electron chi connectivity index (χ4n) is 0.342. The normalized spacial score (nSPS) is 7.40. The van der Waals surface area contributed by atoms with Crippen LogP contribution in [-0.2, 0) is 4.79 Å². The van der Waals surface area contributed by atoms with Gasteiger partial charge in [-0.05, 0) is 35.0 Å². The predicted octanol–water partition coefficient (Wildman–Crippen LogP) is 2.05. The Kier molecular flexibility index (Phi) is 5.97. The van der Waals surface area contributed by atoms with Crippen LogP contribution < -0.4 is 0 Å². The molecule has 0 aromatic carbocycles. The van der Waals surface area contributed by atoms with Crippen LogP contribution in [0.25, 0.3) is 0 Å². The van der Waals surface area contributed by atoms with Gasteiger partial charge in [-0.2, -0.15) is 0 Å². The van der Waals surface area contributed by atoms with Crippen LogP contribution in [0, 0.1) is 0 Å². The number of hydrogen-bond donors (Lipinski definition) is 0. The molecule has 0 aliphatic rings. The standard InChI is InChI=1S/C5H4BrN.C2H4O/c6-5-3-1-2-4-7-5;1-2-3/h1-4H;2H,1H3. The smallest absolute Gasteiger partial charge is 0.116 e. The van der Waals surface area contributed by atoms with E-state index in [0.717, 1.165) is 10.9 Å². The van der Waals surface area contributed by atoms with Crippen LogP contribution in [0.2, 0.25) is 0 Å². The highest BCUT2D eigenvalue weighted by Crippen LogP contribution is 2.00. The Bertz CT molecular complexity index is 176. The summed E-state index contributed by atoms with van der Waals surface area (Å²) in [6.07, 6.45) is 2.49. The van der Waals surface area contributed by atoms with Crippen molar-refractivity contribution in [2.45, 2.75) is 6.92 Å². The summed E-state index contributed by atoms with van der Waals surface area (Å²) < 4.78 is 0.884. The molecule has 1 heterocycles. The summed E-state index contributed by atoms with van der Waals surface area (Å²) in [6, 6.07) is 5.70. The Morgan fingerprint density at radius 1 is 1.60 bits per heavy atom. The van der Waals surface area contributed by atoms with E-state index in [1.165, 1.54) is 6.92 Å². The van der Waals surface area contributed by atoms with Crippen LogP contribution >= 0.6 is 15.9 Å². The highest BCUT2D eigenvalue weighted by Gasteiger charge is 1.75. The summed E-state index contributed by atoms with van der Waals surface area (Å²) in [7, 11) is 0. The van der Waals surface area contributed by atoms with E-state index >= 15 is 0 Å². The number of nitrogens with zero attached hydrogens (tertiary/aromatic N) is 1. The molecule has 2 nitrogen and oxygen atoms in total. The highest BCUT2D eigenvalue weighted by atomic mass is 79.9. The molecule has 10 heavy (non-hydrogen) atoms. The van der Waals surface area contributed by atoms with Gasteiger partial charge in [0.05, 0.1) is 0 Å². The van der Waals surface area contributed by atoms with E-state index in [1.807, 2.05) is 18.2 Å². The lowest BCUT2D eigenvalue weighted by Gasteiger charge is -1.80. The zero-order chi connectivity index (χ0) is 7.82. The number of carbonyl (C=O) groups excluding carboxylic acids is 1. The van der Waals surface area contributed by atoms with Crippen molar-refractivity contribution in [1.82, 2.24) is 4.98 Å². The van der Waals surface area contributed by atoms with Gasteiger partial charge < -0.3 is 4.79 Å². The van der Waals surface area contributed by atoms with Gasteiger partial charge in [-0.15, -0.1) is 0 Å². The molecule has 1 aromatic heterocycles. The molecule has 0 amide bonds. The maximum absolute atomic E-state index is 8.81. The number of rotatable bonds is 0. The van der Waals surface area contributed by atoms with Gasteiger partial charge in [0.25, 0.3) is 0 Å². The predicted molar refractivity (Wildman–Crippen MR) is 43.7 cm³/mol. The van der Waals surface area contributed by atoms with E-state index in [4.69, 9.17) is 4.79 Å². The Morgan fingerprint density at radius 2 is 2.20 bits per heavy atom. The third kappa shape index (κ3) is 5.44. The van der Waals surface area contributed by atoms with Crippen LogP contribution in [0.1, 0.15) is 6.92 Å². The Balaban J connectivity index is 0.000000236. The molecule has 0 N–H and O–H groups in total. The van der Waals surface area contributed by atoms with E-state index in [2.05, 4.69) is 20.9 Å². The van der Waals surface area contributed by atoms with Gasteiger partial charge in [0, 0.05) is 6.20 Å². The molecule has 0 bridgehead atoms. The van der Waals surface area contributed by atoms with Crippen molar-refractivity contribution in [3.63, 3.8) is 0 Å². The second-order valence-electron chi connectivity index (χ2n) is 1.39. The maximum Gasteiger partial charge on any atom is 0.116 e. The van der Waals surface area contributed by atoms with Crippen LogP contribution in [0.15, 0.2) is 29.0 Å². The first-order valence-electron chi connectivity index (χ1n) is 2.77. The van der Waals surface area contributed by atoms with Gasteiger partial charge in [-0.25, -0.2) is 4.98 Å². The molecule has 0 unspecified atom stereocenters. The number of aldehydes is 1. The third-order valence-electron chi connectivity index (χ3n) is 0.629. The van der Waals surface area contributed by atoms with Gasteiger partial charge in [-0.3, -0.25) is 0 Å². The first-order chi connectivity index (χ1) is 4.81. The van der Waals surface area contributed by atoms with Gasteiger partial charge in [-0.1, -0.05) is 6.07 Å². The SMILES string of the molecule is Brc1ccccn1.CC=O. The minimum atomic E-state index is 0.750. The molecule has 1 rings (SSSR count). The fourth-order valence-corrected chi connectivity index (χ4v) is 0.613. The number of hydrogen-bond acceptors (Lipinski definition) is 2. The molecule has 1 aromatic rings. The molecule has 0 spiro atoms. The molecule has 0 atom stereocenters. The Morgan fingerprint density at radius 3 is 2.40 bits per heavy atom. The van der Waals surface area contributed by atoms with Crippen molar-refractivity contribution in [1.29, 1.82) is 0 Å². The maximum atomic E-state index is 8.81. The van der Waals surface area contributed by atoms with Gasteiger partial charge in [0.15, 0.2) is 0 Å². The van der Waals surface area contributed by atoms with Crippen molar-refractivity contribution >= 4 is 22.2 Å². The summed E-state index contributed by atoms with van der Waals surface area (Å²) in [5.41, 5.74) is 0. The summed E-state index contributed by atoms with van der Waals surface area (Å²) in [5, 5.41) is 0. The quantitative estimate of drug-likeness (QED) is 0.476. The number of carbonyl (C=O) groups is 1. The second kappa shape index (κ2) is 6.42. The van der Waals surface area contributed by atoms with Crippen molar-refractivity contribution in [2.24, 2.45) is 0 Å². The molecule has 3 heteroatoms. The van der Waals surface area contributed by atoms with E-state index in [9.17, 15) is 0 Å². The molecule has 0 aliphatic carbocycles.